The van der Waals surface area contributed by atoms with Crippen LogP contribution in [0.15, 0.2) is 70.9 Å². The summed E-state index contributed by atoms with van der Waals surface area (Å²) in [7, 11) is 0. The molecule has 0 saturated heterocycles. The van der Waals surface area contributed by atoms with E-state index in [4.69, 9.17) is 11.6 Å². The number of hydrazone groups is 1. The minimum Gasteiger partial charge on any atom is -0.502 e. The molecule has 0 aliphatic carbocycles. The third-order valence-electron chi connectivity index (χ3n) is 4.61. The number of nitrogens with one attached hydrogen (secondary N) is 2. The molecule has 11 heteroatoms. The van der Waals surface area contributed by atoms with E-state index < -0.39 is 22.3 Å². The summed E-state index contributed by atoms with van der Waals surface area (Å²) in [5.41, 5.74) is 5.06. The largest absolute Gasteiger partial charge is 0.502 e. The number of nitro groups is 1. The standard InChI is InChI=1S/C22H16ClN5O4S/c23-16-9-15(20(29)19(10-16)28(31)32)11-24-27-21(30)14-7-5-13(6-8-14)12-33-22-25-17-3-1-2-4-18(17)26-22/h1-11,29H,12H2,(H,25,26)(H,27,30). The molecule has 3 aromatic carbocycles. The number of halogens is 1. The van der Waals surface area contributed by atoms with Crippen molar-refractivity contribution in [3.05, 3.63) is 92.5 Å². The van der Waals surface area contributed by atoms with E-state index in [1.807, 2.05) is 36.4 Å². The number of amides is 1. The van der Waals surface area contributed by atoms with Gasteiger partial charge in [0.1, 0.15) is 0 Å². The number of benzene rings is 3. The Bertz CT molecular complexity index is 1340. The Morgan fingerprint density at radius 2 is 2.00 bits per heavy atom. The van der Waals surface area contributed by atoms with Crippen LogP contribution in [0.25, 0.3) is 11.0 Å². The number of nitro benzene ring substituents is 1. The van der Waals surface area contributed by atoms with E-state index in [-0.39, 0.29) is 10.6 Å². The first-order valence-corrected chi connectivity index (χ1v) is 10.9. The molecule has 0 spiro atoms. The topological polar surface area (TPSA) is 134 Å². The highest BCUT2D eigenvalue weighted by Gasteiger charge is 2.17. The van der Waals surface area contributed by atoms with Crippen molar-refractivity contribution in [3.63, 3.8) is 0 Å². The van der Waals surface area contributed by atoms with Gasteiger partial charge >= 0.3 is 5.69 Å². The maximum absolute atomic E-state index is 12.3. The average molecular weight is 482 g/mol. The quantitative estimate of drug-likeness (QED) is 0.149. The Balaban J connectivity index is 1.36. The van der Waals surface area contributed by atoms with Crippen molar-refractivity contribution in [2.45, 2.75) is 10.9 Å². The van der Waals surface area contributed by atoms with E-state index in [1.165, 1.54) is 6.07 Å². The molecule has 1 aromatic heterocycles. The molecule has 1 amide bonds. The van der Waals surface area contributed by atoms with E-state index in [1.54, 1.807) is 23.9 Å². The summed E-state index contributed by atoms with van der Waals surface area (Å²) in [5, 5.41) is 25.5. The monoisotopic (exact) mass is 481 g/mol. The van der Waals surface area contributed by atoms with Crippen molar-refractivity contribution in [1.29, 1.82) is 0 Å². The molecule has 0 radical (unpaired) electrons. The minimum atomic E-state index is -0.759. The third-order valence-corrected chi connectivity index (χ3v) is 5.77. The zero-order valence-electron chi connectivity index (χ0n) is 16.9. The van der Waals surface area contributed by atoms with E-state index in [0.717, 1.165) is 34.0 Å². The molecule has 0 bridgehead atoms. The number of carbonyl (C=O) groups is 1. The van der Waals surface area contributed by atoms with Crippen molar-refractivity contribution in [1.82, 2.24) is 15.4 Å². The number of aromatic amines is 1. The fourth-order valence-corrected chi connectivity index (χ4v) is 4.03. The number of para-hydroxylation sites is 2. The molecule has 1 heterocycles. The highest BCUT2D eigenvalue weighted by molar-refractivity contribution is 7.98. The molecule has 0 fully saturated rings. The Labute approximate surface area is 196 Å². The van der Waals surface area contributed by atoms with Crippen LogP contribution in [-0.4, -0.2) is 32.1 Å². The van der Waals surface area contributed by atoms with Crippen molar-refractivity contribution < 1.29 is 14.8 Å². The van der Waals surface area contributed by atoms with Gasteiger partial charge in [-0.25, -0.2) is 10.4 Å². The lowest BCUT2D eigenvalue weighted by Gasteiger charge is -2.04. The molecule has 0 saturated carbocycles. The molecule has 33 heavy (non-hydrogen) atoms. The number of nitrogens with zero attached hydrogens (tertiary/aromatic N) is 3. The molecule has 4 rings (SSSR count). The van der Waals surface area contributed by atoms with Gasteiger partial charge in [-0.05, 0) is 35.9 Å². The Hall–Kier alpha value is -3.89. The van der Waals surface area contributed by atoms with Gasteiger partial charge in [-0.1, -0.05) is 47.6 Å². The zero-order chi connectivity index (χ0) is 23.4. The fourth-order valence-electron chi connectivity index (χ4n) is 2.97. The normalized spacial score (nSPS) is 11.2. The van der Waals surface area contributed by atoms with Crippen LogP contribution in [-0.2, 0) is 5.75 Å². The molecule has 3 N–H and O–H groups in total. The highest BCUT2D eigenvalue weighted by Crippen LogP contribution is 2.32. The number of hydrogen-bond donors (Lipinski definition) is 3. The van der Waals surface area contributed by atoms with Crippen molar-refractivity contribution >= 4 is 52.2 Å². The summed E-state index contributed by atoms with van der Waals surface area (Å²) in [6.07, 6.45) is 1.09. The second-order valence-electron chi connectivity index (χ2n) is 6.86. The van der Waals surface area contributed by atoms with Gasteiger partial charge in [-0.2, -0.15) is 5.10 Å². The van der Waals surface area contributed by atoms with Crippen LogP contribution in [0.3, 0.4) is 0 Å². The number of hydrogen-bond acceptors (Lipinski definition) is 7. The molecule has 0 aliphatic rings. The number of imidazole rings is 1. The first-order valence-electron chi connectivity index (χ1n) is 9.57. The van der Waals surface area contributed by atoms with E-state index in [2.05, 4.69) is 20.5 Å². The molecule has 0 atom stereocenters. The number of H-pyrrole nitrogens is 1. The van der Waals surface area contributed by atoms with E-state index >= 15 is 0 Å². The Kier molecular flexibility index (Phi) is 6.57. The van der Waals surface area contributed by atoms with Crippen molar-refractivity contribution in [2.75, 3.05) is 0 Å². The summed E-state index contributed by atoms with van der Waals surface area (Å²) >= 11 is 7.39. The summed E-state index contributed by atoms with van der Waals surface area (Å²) in [6, 6.07) is 17.1. The van der Waals surface area contributed by atoms with Gasteiger partial charge in [0.2, 0.25) is 5.75 Å². The number of phenolic OH excluding ortho intramolecular Hbond substituents is 1. The lowest BCUT2D eigenvalue weighted by molar-refractivity contribution is -0.385. The maximum Gasteiger partial charge on any atom is 0.312 e. The van der Waals surface area contributed by atoms with Crippen molar-refractivity contribution in [3.8, 4) is 5.75 Å². The van der Waals surface area contributed by atoms with Crippen LogP contribution in [0.1, 0.15) is 21.5 Å². The molecule has 9 nitrogen and oxygen atoms in total. The van der Waals surface area contributed by atoms with Crippen LogP contribution >= 0.6 is 23.4 Å². The lowest BCUT2D eigenvalue weighted by Crippen LogP contribution is -2.17. The first kappa shape index (κ1) is 22.3. The van der Waals surface area contributed by atoms with E-state index in [0.29, 0.717) is 11.3 Å². The van der Waals surface area contributed by atoms with Gasteiger partial charge in [0.15, 0.2) is 5.16 Å². The summed E-state index contributed by atoms with van der Waals surface area (Å²) < 4.78 is 0. The van der Waals surface area contributed by atoms with Gasteiger partial charge in [0, 0.05) is 28.0 Å². The lowest BCUT2D eigenvalue weighted by atomic mass is 10.1. The first-order chi connectivity index (χ1) is 15.9. The van der Waals surface area contributed by atoms with Crippen LogP contribution in [0, 0.1) is 10.1 Å². The minimum absolute atomic E-state index is 0.00691. The van der Waals surface area contributed by atoms with Crippen molar-refractivity contribution in [2.24, 2.45) is 5.10 Å². The van der Waals surface area contributed by atoms with Crippen LogP contribution < -0.4 is 5.43 Å². The summed E-state index contributed by atoms with van der Waals surface area (Å²) in [6.45, 7) is 0. The molecule has 166 valence electrons. The predicted molar refractivity (Wildman–Crippen MR) is 127 cm³/mol. The number of aromatic nitrogens is 2. The second-order valence-corrected chi connectivity index (χ2v) is 8.26. The smallest absolute Gasteiger partial charge is 0.312 e. The Morgan fingerprint density at radius 1 is 1.24 bits per heavy atom. The summed E-state index contributed by atoms with van der Waals surface area (Å²) in [4.78, 5) is 30.3. The fraction of sp³-hybridized carbons (Fsp3) is 0.0455. The third kappa shape index (κ3) is 5.30. The second kappa shape index (κ2) is 9.72. The number of carbonyl (C=O) groups excluding carboxylic acids is 1. The van der Waals surface area contributed by atoms with E-state index in [9.17, 15) is 20.0 Å². The number of thioether (sulfide) groups is 1. The van der Waals surface area contributed by atoms with Gasteiger partial charge in [0.25, 0.3) is 5.91 Å². The number of fused-ring (bicyclic) bond motifs is 1. The zero-order valence-corrected chi connectivity index (χ0v) is 18.4. The summed E-state index contributed by atoms with van der Waals surface area (Å²) in [5.74, 6) is -0.389. The van der Waals surface area contributed by atoms with Gasteiger partial charge in [-0.15, -0.1) is 0 Å². The molecular formula is C22H16ClN5O4S. The number of phenols is 1. The van der Waals surface area contributed by atoms with Gasteiger partial charge in [-0.3, -0.25) is 14.9 Å². The number of aromatic hydroxyl groups is 1. The van der Waals surface area contributed by atoms with Gasteiger partial charge in [0.05, 0.1) is 22.2 Å². The van der Waals surface area contributed by atoms with Gasteiger partial charge < -0.3 is 10.1 Å². The predicted octanol–water partition coefficient (Wildman–Crippen LogP) is 4.89. The molecular weight excluding hydrogens is 466 g/mol. The highest BCUT2D eigenvalue weighted by atomic mass is 35.5. The Morgan fingerprint density at radius 3 is 2.73 bits per heavy atom. The average Bonchev–Trinajstić information content (AvgIpc) is 3.23. The maximum atomic E-state index is 12.3. The van der Waals surface area contributed by atoms with Crippen LogP contribution in [0.5, 0.6) is 5.75 Å². The van der Waals surface area contributed by atoms with Crippen LogP contribution in [0.4, 0.5) is 5.69 Å². The molecule has 0 aliphatic heterocycles. The molecule has 0 unspecified atom stereocenters. The SMILES string of the molecule is O=C(NN=Cc1cc(Cl)cc([N+](=O)[O-])c1O)c1ccc(CSc2nc3ccccc3[nH]2)cc1. The number of rotatable bonds is 7. The van der Waals surface area contributed by atoms with Crippen LogP contribution in [0.2, 0.25) is 5.02 Å². The molecule has 4 aromatic rings.